The van der Waals surface area contributed by atoms with Crippen molar-refractivity contribution in [3.05, 3.63) is 187 Å². The van der Waals surface area contributed by atoms with E-state index in [0.29, 0.717) is 0 Å². The molecule has 0 spiro atoms. The van der Waals surface area contributed by atoms with E-state index >= 15 is 0 Å². The van der Waals surface area contributed by atoms with Crippen LogP contribution in [0.3, 0.4) is 0 Å². The van der Waals surface area contributed by atoms with E-state index in [1.54, 1.807) is 0 Å². The number of anilines is 3. The van der Waals surface area contributed by atoms with Gasteiger partial charge in [0.2, 0.25) is 0 Å². The minimum absolute atomic E-state index is 0.0971. The zero-order chi connectivity index (χ0) is 36.0. The summed E-state index contributed by atoms with van der Waals surface area (Å²) in [5.41, 5.74) is 15.3. The number of para-hydroxylation sites is 1. The molecule has 256 valence electrons. The van der Waals surface area contributed by atoms with Crippen LogP contribution in [0, 0.1) is 0 Å². The van der Waals surface area contributed by atoms with Crippen molar-refractivity contribution in [1.29, 1.82) is 0 Å². The highest BCUT2D eigenvalue weighted by atomic mass is 32.1. The van der Waals surface area contributed by atoms with Crippen LogP contribution < -0.4 is 4.90 Å². The molecule has 0 saturated carbocycles. The van der Waals surface area contributed by atoms with Gasteiger partial charge in [-0.3, -0.25) is 0 Å². The fourth-order valence-corrected chi connectivity index (χ4v) is 9.99. The van der Waals surface area contributed by atoms with Gasteiger partial charge in [-0.2, -0.15) is 0 Å². The largest absolute Gasteiger partial charge is 0.456 e. The Hall–Kier alpha value is -6.42. The second-order valence-corrected chi connectivity index (χ2v) is 16.0. The number of nitrogens with zero attached hydrogens (tertiary/aromatic N) is 1. The molecule has 10 aromatic rings. The van der Waals surface area contributed by atoms with Crippen LogP contribution in [0.5, 0.6) is 0 Å². The predicted octanol–water partition coefficient (Wildman–Crippen LogP) is 15.1. The standard InChI is InChI=1S/C51H35NOS/c1-51(2)45-15-6-3-10-39(45)40-28-27-37(31-46(40)51)52(35-23-18-32(19-24-35)34-22-29-48-44(30-34)41-11-4-7-16-47(41)53-48)36-25-20-33(21-26-36)38-13-9-14-43-42-12-5-8-17-49(42)54-50(38)43/h3-31H,1-2H3. The van der Waals surface area contributed by atoms with Crippen molar-refractivity contribution in [1.82, 2.24) is 0 Å². The van der Waals surface area contributed by atoms with Gasteiger partial charge in [0.1, 0.15) is 11.2 Å². The summed E-state index contributed by atoms with van der Waals surface area (Å²) in [7, 11) is 0. The molecule has 0 fully saturated rings. The van der Waals surface area contributed by atoms with Crippen molar-refractivity contribution in [2.24, 2.45) is 0 Å². The van der Waals surface area contributed by atoms with Crippen LogP contribution in [0.1, 0.15) is 25.0 Å². The number of benzene rings is 8. The van der Waals surface area contributed by atoms with Crippen LogP contribution in [-0.4, -0.2) is 0 Å². The van der Waals surface area contributed by atoms with Crippen LogP contribution in [0.15, 0.2) is 180 Å². The predicted molar refractivity (Wildman–Crippen MR) is 230 cm³/mol. The molecule has 2 nitrogen and oxygen atoms in total. The van der Waals surface area contributed by atoms with Gasteiger partial charge in [-0.25, -0.2) is 0 Å². The zero-order valence-electron chi connectivity index (χ0n) is 30.0. The topological polar surface area (TPSA) is 16.4 Å². The molecule has 0 unspecified atom stereocenters. The minimum atomic E-state index is -0.0971. The molecule has 2 heterocycles. The third-order valence-electron chi connectivity index (χ3n) is 11.5. The van der Waals surface area contributed by atoms with Crippen LogP contribution in [-0.2, 0) is 5.41 Å². The van der Waals surface area contributed by atoms with Crippen molar-refractivity contribution in [3.63, 3.8) is 0 Å². The third kappa shape index (κ3) is 4.72. The Morgan fingerprint density at radius 2 is 1.04 bits per heavy atom. The van der Waals surface area contributed by atoms with E-state index in [2.05, 4.69) is 183 Å². The van der Waals surface area contributed by atoms with E-state index in [1.165, 1.54) is 64.7 Å². The molecule has 0 amide bonds. The molecule has 54 heavy (non-hydrogen) atoms. The molecule has 1 aliphatic rings. The molecule has 3 heteroatoms. The van der Waals surface area contributed by atoms with Crippen molar-refractivity contribution >= 4 is 70.5 Å². The fourth-order valence-electron chi connectivity index (χ4n) is 8.75. The Kier molecular flexibility index (Phi) is 6.80. The zero-order valence-corrected chi connectivity index (χ0v) is 30.8. The van der Waals surface area contributed by atoms with Gasteiger partial charge in [-0.15, -0.1) is 11.3 Å². The first-order valence-electron chi connectivity index (χ1n) is 18.6. The summed E-state index contributed by atoms with van der Waals surface area (Å²) >= 11 is 1.88. The second-order valence-electron chi connectivity index (χ2n) is 14.9. The molecule has 0 aliphatic heterocycles. The average molecular weight is 710 g/mol. The monoisotopic (exact) mass is 709 g/mol. The maximum Gasteiger partial charge on any atom is 0.135 e. The molecule has 0 radical (unpaired) electrons. The van der Waals surface area contributed by atoms with E-state index in [4.69, 9.17) is 4.42 Å². The van der Waals surface area contributed by atoms with E-state index in [9.17, 15) is 0 Å². The number of rotatable bonds is 5. The number of hydrogen-bond donors (Lipinski definition) is 0. The van der Waals surface area contributed by atoms with Gasteiger partial charge in [-0.1, -0.05) is 129 Å². The highest BCUT2D eigenvalue weighted by Crippen LogP contribution is 2.51. The number of fused-ring (bicyclic) bond motifs is 9. The number of furan rings is 1. The molecule has 8 aromatic carbocycles. The lowest BCUT2D eigenvalue weighted by Gasteiger charge is -2.28. The first-order valence-corrected chi connectivity index (χ1v) is 19.4. The van der Waals surface area contributed by atoms with Gasteiger partial charge in [0.25, 0.3) is 0 Å². The van der Waals surface area contributed by atoms with Gasteiger partial charge in [0.05, 0.1) is 0 Å². The van der Waals surface area contributed by atoms with Crippen LogP contribution in [0.2, 0.25) is 0 Å². The second kappa shape index (κ2) is 11.8. The van der Waals surface area contributed by atoms with E-state index in [0.717, 1.165) is 39.0 Å². The van der Waals surface area contributed by atoms with Crippen molar-refractivity contribution in [2.75, 3.05) is 4.90 Å². The molecule has 0 N–H and O–H groups in total. The first-order chi connectivity index (χ1) is 26.5. The number of thiophene rings is 1. The Balaban J connectivity index is 1.02. The van der Waals surface area contributed by atoms with Crippen LogP contribution in [0.25, 0.3) is 75.5 Å². The summed E-state index contributed by atoms with van der Waals surface area (Å²) in [6.45, 7) is 4.70. The molecule has 0 saturated heterocycles. The molecule has 2 aromatic heterocycles. The minimum Gasteiger partial charge on any atom is -0.456 e. The average Bonchev–Trinajstić information content (AvgIpc) is 3.86. The highest BCUT2D eigenvalue weighted by Gasteiger charge is 2.35. The van der Waals surface area contributed by atoms with Gasteiger partial charge in [0.15, 0.2) is 0 Å². The molecule has 11 rings (SSSR count). The Morgan fingerprint density at radius 3 is 1.87 bits per heavy atom. The van der Waals surface area contributed by atoms with Crippen LogP contribution >= 0.6 is 11.3 Å². The lowest BCUT2D eigenvalue weighted by molar-refractivity contribution is 0.660. The third-order valence-corrected chi connectivity index (χ3v) is 12.7. The summed E-state index contributed by atoms with van der Waals surface area (Å²) in [6, 6.07) is 64.2. The Morgan fingerprint density at radius 1 is 0.426 bits per heavy atom. The molecular weight excluding hydrogens is 675 g/mol. The summed E-state index contributed by atoms with van der Waals surface area (Å²) in [5, 5.41) is 4.93. The smallest absolute Gasteiger partial charge is 0.135 e. The Bertz CT molecular complexity index is 3070. The lowest BCUT2D eigenvalue weighted by atomic mass is 9.82. The van der Waals surface area contributed by atoms with E-state index < -0.39 is 0 Å². The van der Waals surface area contributed by atoms with Crippen molar-refractivity contribution in [2.45, 2.75) is 19.3 Å². The first kappa shape index (κ1) is 31.1. The summed E-state index contributed by atoms with van der Waals surface area (Å²) < 4.78 is 8.78. The van der Waals surface area contributed by atoms with Crippen molar-refractivity contribution in [3.8, 4) is 33.4 Å². The lowest BCUT2D eigenvalue weighted by Crippen LogP contribution is -2.16. The van der Waals surface area contributed by atoms with Gasteiger partial charge in [-0.05, 0) is 105 Å². The molecule has 1 aliphatic carbocycles. The van der Waals surface area contributed by atoms with Gasteiger partial charge >= 0.3 is 0 Å². The maximum atomic E-state index is 6.12. The summed E-state index contributed by atoms with van der Waals surface area (Å²) in [4.78, 5) is 2.40. The SMILES string of the molecule is CC1(C)c2ccccc2-c2ccc(N(c3ccc(-c4ccc5oc6ccccc6c5c4)cc3)c3ccc(-c4cccc5c4sc4ccccc45)cc3)cc21. The molecule has 0 atom stereocenters. The maximum absolute atomic E-state index is 6.12. The molecular formula is C51H35NOS. The van der Waals surface area contributed by atoms with Gasteiger partial charge in [0, 0.05) is 53.4 Å². The normalized spacial score (nSPS) is 13.1. The number of hydrogen-bond acceptors (Lipinski definition) is 3. The molecule has 0 bridgehead atoms. The van der Waals surface area contributed by atoms with Gasteiger partial charge < -0.3 is 9.32 Å². The summed E-state index contributed by atoms with van der Waals surface area (Å²) in [5.74, 6) is 0. The van der Waals surface area contributed by atoms with Crippen LogP contribution in [0.4, 0.5) is 17.1 Å². The van der Waals surface area contributed by atoms with E-state index in [-0.39, 0.29) is 5.41 Å². The summed E-state index contributed by atoms with van der Waals surface area (Å²) in [6.07, 6.45) is 0. The van der Waals surface area contributed by atoms with E-state index in [1.807, 2.05) is 23.5 Å². The quantitative estimate of drug-likeness (QED) is 0.177. The fraction of sp³-hybridized carbons (Fsp3) is 0.0588. The van der Waals surface area contributed by atoms with Crippen molar-refractivity contribution < 1.29 is 4.42 Å². The Labute approximate surface area is 318 Å². The highest BCUT2D eigenvalue weighted by molar-refractivity contribution is 7.26.